The van der Waals surface area contributed by atoms with Crippen molar-refractivity contribution in [3.8, 4) is 5.75 Å². The summed E-state index contributed by atoms with van der Waals surface area (Å²) < 4.78 is 18.7. The lowest BCUT2D eigenvalue weighted by Gasteiger charge is -2.10. The van der Waals surface area contributed by atoms with Crippen LogP contribution in [0.3, 0.4) is 0 Å². The van der Waals surface area contributed by atoms with Gasteiger partial charge in [-0.15, -0.1) is 0 Å². The molecule has 0 unspecified atom stereocenters. The number of benzene rings is 2. The molecule has 0 aliphatic heterocycles. The number of halogens is 1. The largest absolute Gasteiger partial charge is 0.484 e. The van der Waals surface area contributed by atoms with E-state index in [1.807, 2.05) is 0 Å². The molecule has 110 valence electrons. The van der Waals surface area contributed by atoms with Crippen molar-refractivity contribution in [2.75, 3.05) is 11.9 Å². The van der Waals surface area contributed by atoms with Crippen LogP contribution in [0.1, 0.15) is 18.6 Å². The molecular formula is C16H16FNO3. The highest BCUT2D eigenvalue weighted by atomic mass is 19.1. The number of ether oxygens (including phenoxy) is 1. The van der Waals surface area contributed by atoms with Crippen molar-refractivity contribution < 1.29 is 19.0 Å². The van der Waals surface area contributed by atoms with Gasteiger partial charge in [-0.3, -0.25) is 4.79 Å². The highest BCUT2D eigenvalue weighted by Gasteiger charge is 2.08. The number of rotatable bonds is 5. The quantitative estimate of drug-likeness (QED) is 0.889. The van der Waals surface area contributed by atoms with Crippen LogP contribution in [0.5, 0.6) is 5.75 Å². The predicted octanol–water partition coefficient (Wildman–Crippen LogP) is 2.90. The van der Waals surface area contributed by atoms with Crippen molar-refractivity contribution in [1.82, 2.24) is 0 Å². The lowest BCUT2D eigenvalue weighted by Crippen LogP contribution is -2.20. The Morgan fingerprint density at radius 2 is 2.05 bits per heavy atom. The first kappa shape index (κ1) is 15.0. The lowest BCUT2D eigenvalue weighted by atomic mass is 10.1. The summed E-state index contributed by atoms with van der Waals surface area (Å²) in [5.74, 6) is -0.485. The Labute approximate surface area is 122 Å². The van der Waals surface area contributed by atoms with Gasteiger partial charge in [-0.2, -0.15) is 0 Å². The van der Waals surface area contributed by atoms with E-state index < -0.39 is 17.8 Å². The Balaban J connectivity index is 1.92. The Kier molecular flexibility index (Phi) is 4.90. The molecule has 1 amide bonds. The summed E-state index contributed by atoms with van der Waals surface area (Å²) >= 11 is 0. The van der Waals surface area contributed by atoms with Crippen LogP contribution in [0.4, 0.5) is 10.1 Å². The molecule has 2 N–H and O–H groups in total. The van der Waals surface area contributed by atoms with Crippen LogP contribution in [-0.2, 0) is 4.79 Å². The Bertz CT molecular complexity index is 628. The minimum absolute atomic E-state index is 0.115. The Morgan fingerprint density at radius 3 is 2.76 bits per heavy atom. The number of hydrogen-bond acceptors (Lipinski definition) is 3. The fourth-order valence-electron chi connectivity index (χ4n) is 1.76. The number of amides is 1. The van der Waals surface area contributed by atoms with E-state index >= 15 is 0 Å². The molecule has 0 saturated carbocycles. The molecule has 0 fully saturated rings. The number of anilines is 1. The fraction of sp³-hybridized carbons (Fsp3) is 0.188. The van der Waals surface area contributed by atoms with Crippen LogP contribution in [0, 0.1) is 5.82 Å². The van der Waals surface area contributed by atoms with E-state index in [4.69, 9.17) is 4.74 Å². The van der Waals surface area contributed by atoms with Crippen molar-refractivity contribution in [2.24, 2.45) is 0 Å². The van der Waals surface area contributed by atoms with Gasteiger partial charge in [0.2, 0.25) is 0 Å². The summed E-state index contributed by atoms with van der Waals surface area (Å²) in [6, 6.07) is 12.7. The van der Waals surface area contributed by atoms with Gasteiger partial charge in [0.25, 0.3) is 5.91 Å². The number of carbonyl (C=O) groups is 1. The van der Waals surface area contributed by atoms with E-state index in [1.54, 1.807) is 43.3 Å². The zero-order valence-electron chi connectivity index (χ0n) is 11.5. The van der Waals surface area contributed by atoms with Crippen LogP contribution in [-0.4, -0.2) is 17.6 Å². The van der Waals surface area contributed by atoms with Gasteiger partial charge >= 0.3 is 0 Å². The first-order chi connectivity index (χ1) is 10.1. The molecule has 0 saturated heterocycles. The summed E-state index contributed by atoms with van der Waals surface area (Å²) in [5.41, 5.74) is 0.811. The van der Waals surface area contributed by atoms with Gasteiger partial charge in [0.05, 0.1) is 11.8 Å². The zero-order valence-corrected chi connectivity index (χ0v) is 11.5. The maximum absolute atomic E-state index is 13.4. The molecule has 0 aliphatic rings. The number of carbonyl (C=O) groups excluding carboxylic acids is 1. The molecule has 0 heterocycles. The topological polar surface area (TPSA) is 58.6 Å². The molecule has 0 radical (unpaired) electrons. The monoisotopic (exact) mass is 289 g/mol. The third kappa shape index (κ3) is 4.29. The lowest BCUT2D eigenvalue weighted by molar-refractivity contribution is -0.118. The molecule has 2 rings (SSSR count). The van der Waals surface area contributed by atoms with E-state index in [0.717, 1.165) is 0 Å². The molecular weight excluding hydrogens is 273 g/mol. The normalized spacial score (nSPS) is 11.8. The zero-order chi connectivity index (χ0) is 15.2. The maximum atomic E-state index is 13.4. The minimum Gasteiger partial charge on any atom is -0.484 e. The number of aliphatic hydroxyl groups is 1. The second kappa shape index (κ2) is 6.85. The second-order valence-electron chi connectivity index (χ2n) is 4.57. The van der Waals surface area contributed by atoms with Crippen molar-refractivity contribution in [2.45, 2.75) is 13.0 Å². The molecule has 2 aromatic rings. The van der Waals surface area contributed by atoms with E-state index in [0.29, 0.717) is 11.3 Å². The molecule has 0 aromatic heterocycles. The summed E-state index contributed by atoms with van der Waals surface area (Å²) in [7, 11) is 0. The van der Waals surface area contributed by atoms with E-state index in [9.17, 15) is 14.3 Å². The summed E-state index contributed by atoms with van der Waals surface area (Å²) in [6.07, 6.45) is -0.610. The van der Waals surface area contributed by atoms with Gasteiger partial charge in [-0.25, -0.2) is 4.39 Å². The van der Waals surface area contributed by atoms with Crippen LogP contribution in [0.15, 0.2) is 48.5 Å². The molecule has 1 atom stereocenters. The number of hydrogen-bond donors (Lipinski definition) is 2. The molecule has 0 bridgehead atoms. The number of para-hydroxylation sites is 1. The van der Waals surface area contributed by atoms with Crippen LogP contribution in [0.25, 0.3) is 0 Å². The molecule has 21 heavy (non-hydrogen) atoms. The van der Waals surface area contributed by atoms with Crippen LogP contribution >= 0.6 is 0 Å². The average Bonchev–Trinajstić information content (AvgIpc) is 2.48. The Morgan fingerprint density at radius 1 is 1.29 bits per heavy atom. The predicted molar refractivity (Wildman–Crippen MR) is 77.6 cm³/mol. The number of aliphatic hydroxyl groups excluding tert-OH is 1. The van der Waals surface area contributed by atoms with Gasteiger partial charge < -0.3 is 15.2 Å². The van der Waals surface area contributed by atoms with Crippen molar-refractivity contribution in [3.63, 3.8) is 0 Å². The highest BCUT2D eigenvalue weighted by molar-refractivity contribution is 5.91. The summed E-state index contributed by atoms with van der Waals surface area (Å²) in [4.78, 5) is 11.7. The molecule has 0 spiro atoms. The van der Waals surface area contributed by atoms with Gasteiger partial charge in [0.1, 0.15) is 11.6 Å². The van der Waals surface area contributed by atoms with Crippen molar-refractivity contribution in [3.05, 3.63) is 59.9 Å². The average molecular weight is 289 g/mol. The van der Waals surface area contributed by atoms with Crippen LogP contribution in [0.2, 0.25) is 0 Å². The first-order valence-corrected chi connectivity index (χ1v) is 6.51. The van der Waals surface area contributed by atoms with E-state index in [-0.39, 0.29) is 12.3 Å². The SMILES string of the molecule is C[C@H](O)c1cccc(OCC(=O)Nc2ccccc2F)c1. The maximum Gasteiger partial charge on any atom is 0.262 e. The highest BCUT2D eigenvalue weighted by Crippen LogP contribution is 2.19. The molecule has 2 aromatic carbocycles. The van der Waals surface area contributed by atoms with Gasteiger partial charge in [0, 0.05) is 0 Å². The third-order valence-corrected chi connectivity index (χ3v) is 2.86. The standard InChI is InChI=1S/C16H16FNO3/c1-11(19)12-5-4-6-13(9-12)21-10-16(20)18-15-8-3-2-7-14(15)17/h2-9,11,19H,10H2,1H3,(H,18,20)/t11-/m0/s1. The second-order valence-corrected chi connectivity index (χ2v) is 4.57. The number of nitrogens with one attached hydrogen (secondary N) is 1. The first-order valence-electron chi connectivity index (χ1n) is 6.51. The van der Waals surface area contributed by atoms with Gasteiger partial charge in [0.15, 0.2) is 6.61 Å². The van der Waals surface area contributed by atoms with Crippen molar-refractivity contribution >= 4 is 11.6 Å². The van der Waals surface area contributed by atoms with Gasteiger partial charge in [-0.1, -0.05) is 24.3 Å². The summed E-state index contributed by atoms with van der Waals surface area (Å²) in [6.45, 7) is 1.40. The van der Waals surface area contributed by atoms with Gasteiger partial charge in [-0.05, 0) is 36.8 Å². The molecule has 5 heteroatoms. The molecule has 4 nitrogen and oxygen atoms in total. The van der Waals surface area contributed by atoms with E-state index in [2.05, 4.69) is 5.32 Å². The smallest absolute Gasteiger partial charge is 0.262 e. The van der Waals surface area contributed by atoms with E-state index in [1.165, 1.54) is 12.1 Å². The third-order valence-electron chi connectivity index (χ3n) is 2.86. The van der Waals surface area contributed by atoms with Crippen LogP contribution < -0.4 is 10.1 Å². The minimum atomic E-state index is -0.610. The fourth-order valence-corrected chi connectivity index (χ4v) is 1.76. The molecule has 0 aliphatic carbocycles. The van der Waals surface area contributed by atoms with Crippen molar-refractivity contribution in [1.29, 1.82) is 0 Å². The Hall–Kier alpha value is -2.40. The summed E-state index contributed by atoms with van der Waals surface area (Å²) in [5, 5.41) is 11.9.